The van der Waals surface area contributed by atoms with Gasteiger partial charge in [-0.25, -0.2) is 0 Å². The van der Waals surface area contributed by atoms with Crippen LogP contribution in [-0.4, -0.2) is 30.4 Å². The fourth-order valence-corrected chi connectivity index (χ4v) is 4.77. The summed E-state index contributed by atoms with van der Waals surface area (Å²) in [5.74, 6) is -0.451. The summed E-state index contributed by atoms with van der Waals surface area (Å²) in [5, 5.41) is 7.46. The molecule has 10 heteroatoms. The van der Waals surface area contributed by atoms with Crippen LogP contribution in [0.15, 0.2) is 46.0 Å². The molecule has 4 N–H and O–H groups in total. The molecule has 0 fully saturated rings. The molecule has 3 aromatic carbocycles. The minimum absolute atomic E-state index is 0.216. The van der Waals surface area contributed by atoms with E-state index >= 15 is 0 Å². The average molecular weight is 668 g/mol. The summed E-state index contributed by atoms with van der Waals surface area (Å²) in [6, 6.07) is 10.3. The van der Waals surface area contributed by atoms with Crippen LogP contribution in [0.4, 0.5) is 11.4 Å². The predicted octanol–water partition coefficient (Wildman–Crippen LogP) is 6.52. The van der Waals surface area contributed by atoms with E-state index in [2.05, 4.69) is 52.5 Å². The van der Waals surface area contributed by atoms with Crippen molar-refractivity contribution in [1.82, 2.24) is 9.97 Å². The van der Waals surface area contributed by atoms with E-state index in [1.807, 2.05) is 26.0 Å². The third kappa shape index (κ3) is 4.94. The quantitative estimate of drug-likeness (QED) is 0.129. The van der Waals surface area contributed by atoms with Crippen molar-refractivity contribution in [2.24, 2.45) is 0 Å². The van der Waals surface area contributed by atoms with Crippen LogP contribution >= 0.6 is 31.9 Å². The third-order valence-corrected chi connectivity index (χ3v) is 7.70. The number of aromatic amines is 2. The van der Waals surface area contributed by atoms with Gasteiger partial charge in [-0.3, -0.25) is 19.2 Å². The lowest BCUT2D eigenvalue weighted by Gasteiger charge is -2.18. The van der Waals surface area contributed by atoms with Crippen molar-refractivity contribution in [2.75, 3.05) is 10.6 Å². The second-order valence-electron chi connectivity index (χ2n) is 11.1. The highest BCUT2D eigenvalue weighted by atomic mass is 79.9. The Morgan fingerprint density at radius 3 is 1.23 bits per heavy atom. The molecule has 0 radical (unpaired) electrons. The predicted molar refractivity (Wildman–Crippen MR) is 170 cm³/mol. The number of benzene rings is 3. The first-order valence-electron chi connectivity index (χ1n) is 12.7. The van der Waals surface area contributed by atoms with E-state index in [4.69, 9.17) is 0 Å². The van der Waals surface area contributed by atoms with Crippen LogP contribution in [0.5, 0.6) is 0 Å². The molecule has 2 amide bonds. The molecule has 0 spiro atoms. The molecular formula is C30H28Br2N4O4. The van der Waals surface area contributed by atoms with Crippen molar-refractivity contribution < 1.29 is 9.59 Å². The first-order valence-corrected chi connectivity index (χ1v) is 14.2. The smallest absolute Gasteiger partial charge is 0.240 e. The maximum absolute atomic E-state index is 13.6. The highest BCUT2D eigenvalue weighted by molar-refractivity contribution is 9.10. The van der Waals surface area contributed by atoms with Gasteiger partial charge in [-0.2, -0.15) is 0 Å². The van der Waals surface area contributed by atoms with Gasteiger partial charge in [0.05, 0.1) is 30.7 Å². The van der Waals surface area contributed by atoms with Crippen molar-refractivity contribution in [2.45, 2.75) is 50.2 Å². The minimum atomic E-state index is -0.771. The molecule has 2 aromatic heterocycles. The molecule has 5 rings (SSSR count). The van der Waals surface area contributed by atoms with E-state index in [0.717, 1.165) is 11.1 Å². The molecule has 0 saturated carbocycles. The summed E-state index contributed by atoms with van der Waals surface area (Å²) in [6.45, 7) is 10.7. The van der Waals surface area contributed by atoms with Gasteiger partial charge in [0.25, 0.3) is 0 Å². The van der Waals surface area contributed by atoms with E-state index in [9.17, 15) is 19.2 Å². The maximum Gasteiger partial charge on any atom is 0.240 e. The Morgan fingerprint density at radius 2 is 0.900 bits per heavy atom. The number of pyridine rings is 2. The second-order valence-corrected chi connectivity index (χ2v) is 15.1. The van der Waals surface area contributed by atoms with E-state index in [1.165, 1.54) is 0 Å². The van der Waals surface area contributed by atoms with E-state index in [0.29, 0.717) is 55.0 Å². The Kier molecular flexibility index (Phi) is 6.70. The van der Waals surface area contributed by atoms with E-state index < -0.39 is 8.65 Å². The molecule has 0 saturated heterocycles. The second kappa shape index (κ2) is 9.55. The number of aromatic nitrogens is 2. The molecule has 5 aromatic rings. The number of carbonyl (C=O) groups excluding carboxylic acids is 2. The number of hydrogen-bond acceptors (Lipinski definition) is 4. The zero-order chi connectivity index (χ0) is 29.3. The number of aryl methyl sites for hydroxylation is 2. The number of alkyl halides is 2. The van der Waals surface area contributed by atoms with Crippen molar-refractivity contribution in [3.05, 3.63) is 68.0 Å². The standard InChI is InChI=1S/C30H28Br2N4O4/c1-13-7-21-15(9-19(13)35-27(39)29(3,4)31)25(37)17-12-24-18(11-23(17)33-21)26(38)16-10-20(14(2)8-22(16)34-24)36-28(40)30(5,6)32/h7-12H,1-6H3,(H,33,37)(H,34,38)(H,35,39)(H,36,40). The number of fused-ring (bicyclic) bond motifs is 4. The molecule has 0 aliphatic rings. The van der Waals surface area contributed by atoms with Gasteiger partial charge in [-0.15, -0.1) is 0 Å². The van der Waals surface area contributed by atoms with Crippen LogP contribution in [0.3, 0.4) is 0 Å². The van der Waals surface area contributed by atoms with Gasteiger partial charge >= 0.3 is 0 Å². The van der Waals surface area contributed by atoms with Crippen molar-refractivity contribution in [3.8, 4) is 0 Å². The minimum Gasteiger partial charge on any atom is -0.354 e. The number of halogens is 2. The molecule has 206 valence electrons. The van der Waals surface area contributed by atoms with Crippen molar-refractivity contribution >= 4 is 98.7 Å². The molecule has 40 heavy (non-hydrogen) atoms. The van der Waals surface area contributed by atoms with Gasteiger partial charge in [0, 0.05) is 32.9 Å². The highest BCUT2D eigenvalue weighted by Gasteiger charge is 2.25. The Balaban J connectivity index is 1.70. The third-order valence-electron chi connectivity index (χ3n) is 6.98. The molecule has 0 atom stereocenters. The van der Waals surface area contributed by atoms with Gasteiger partial charge in [0.1, 0.15) is 0 Å². The summed E-state index contributed by atoms with van der Waals surface area (Å²) in [4.78, 5) is 58.9. The van der Waals surface area contributed by atoms with E-state index in [1.54, 1.807) is 52.0 Å². The highest BCUT2D eigenvalue weighted by Crippen LogP contribution is 2.29. The summed E-state index contributed by atoms with van der Waals surface area (Å²) in [7, 11) is 0. The largest absolute Gasteiger partial charge is 0.354 e. The molecule has 0 unspecified atom stereocenters. The van der Waals surface area contributed by atoms with Crippen LogP contribution in [0.25, 0.3) is 43.6 Å². The zero-order valence-corrected chi connectivity index (χ0v) is 26.0. The Morgan fingerprint density at radius 1 is 0.600 bits per heavy atom. The molecule has 0 bridgehead atoms. The number of H-pyrrole nitrogens is 2. The van der Waals surface area contributed by atoms with Gasteiger partial charge in [-0.1, -0.05) is 31.9 Å². The normalized spacial score (nSPS) is 12.4. The van der Waals surface area contributed by atoms with Crippen molar-refractivity contribution in [1.29, 1.82) is 0 Å². The zero-order valence-electron chi connectivity index (χ0n) is 22.9. The summed E-state index contributed by atoms with van der Waals surface area (Å²) in [6.07, 6.45) is 0. The van der Waals surface area contributed by atoms with Gasteiger partial charge in [-0.05, 0) is 89.1 Å². The van der Waals surface area contributed by atoms with Crippen LogP contribution in [0.2, 0.25) is 0 Å². The van der Waals surface area contributed by atoms with Crippen LogP contribution in [0.1, 0.15) is 38.8 Å². The first kappa shape index (κ1) is 28.0. The van der Waals surface area contributed by atoms with Crippen LogP contribution in [0, 0.1) is 13.8 Å². The number of hydrogen-bond donors (Lipinski definition) is 4. The van der Waals surface area contributed by atoms with Crippen molar-refractivity contribution in [3.63, 3.8) is 0 Å². The summed E-state index contributed by atoms with van der Waals surface area (Å²) >= 11 is 6.73. The number of amides is 2. The number of carbonyl (C=O) groups is 2. The number of rotatable bonds is 4. The fraction of sp³-hybridized carbons (Fsp3) is 0.267. The Labute approximate surface area is 246 Å². The van der Waals surface area contributed by atoms with Gasteiger partial charge in [0.2, 0.25) is 11.8 Å². The first-order chi connectivity index (χ1) is 18.5. The van der Waals surface area contributed by atoms with Gasteiger partial charge in [0.15, 0.2) is 10.9 Å². The van der Waals surface area contributed by atoms with Crippen LogP contribution < -0.4 is 21.5 Å². The average Bonchev–Trinajstić information content (AvgIpc) is 2.84. The molecule has 8 nitrogen and oxygen atoms in total. The Hall–Kier alpha value is -3.50. The monoisotopic (exact) mass is 666 g/mol. The fourth-order valence-electron chi connectivity index (χ4n) is 4.57. The Bertz CT molecular complexity index is 1880. The summed E-state index contributed by atoms with van der Waals surface area (Å²) < 4.78 is -1.54. The van der Waals surface area contributed by atoms with Crippen LogP contribution in [-0.2, 0) is 9.59 Å². The lowest BCUT2D eigenvalue weighted by atomic mass is 10.0. The maximum atomic E-state index is 13.6. The van der Waals surface area contributed by atoms with Gasteiger partial charge < -0.3 is 20.6 Å². The number of anilines is 2. The molecule has 2 heterocycles. The summed E-state index contributed by atoms with van der Waals surface area (Å²) in [5.41, 5.74) is 4.49. The molecule has 0 aliphatic carbocycles. The molecular weight excluding hydrogens is 640 g/mol. The molecule has 0 aliphatic heterocycles. The van der Waals surface area contributed by atoms with E-state index in [-0.39, 0.29) is 22.7 Å². The lowest BCUT2D eigenvalue weighted by molar-refractivity contribution is -0.118. The lowest BCUT2D eigenvalue weighted by Crippen LogP contribution is -2.31. The number of nitrogens with one attached hydrogen (secondary N) is 4. The SMILES string of the molecule is Cc1cc2[nH]c3cc4c(=O)c5cc(NC(=O)C(C)(C)Br)c(C)cc5[nH]c4cc3c(=O)c2cc1NC(=O)C(C)(C)Br. The topological polar surface area (TPSA) is 124 Å².